The minimum Gasteiger partial charge on any atom is -0.375 e. The molecule has 1 heterocycles. The van der Waals surface area contributed by atoms with Gasteiger partial charge in [-0.15, -0.1) is 0 Å². The fourth-order valence-electron chi connectivity index (χ4n) is 2.40. The van der Waals surface area contributed by atoms with E-state index in [1.54, 1.807) is 0 Å². The first-order valence-corrected chi connectivity index (χ1v) is 6.50. The van der Waals surface area contributed by atoms with E-state index in [1.165, 1.54) is 17.0 Å². The molecule has 0 aromatic heterocycles. The largest absolute Gasteiger partial charge is 0.458 e. The molecule has 22 heavy (non-hydrogen) atoms. The average molecular weight is 319 g/mol. The molecule has 0 spiro atoms. The van der Waals surface area contributed by atoms with Crippen LogP contribution in [0, 0.1) is 22.7 Å². The minimum atomic E-state index is -5.80. The van der Waals surface area contributed by atoms with Crippen LogP contribution in [0.1, 0.15) is 26.7 Å². The van der Waals surface area contributed by atoms with E-state index in [1.807, 2.05) is 0 Å². The second kappa shape index (κ2) is 6.35. The van der Waals surface area contributed by atoms with Crippen LogP contribution in [0.5, 0.6) is 0 Å². The highest BCUT2D eigenvalue weighted by molar-refractivity contribution is 5.52. The second-order valence-corrected chi connectivity index (χ2v) is 4.95. The Labute approximate surface area is 124 Å². The van der Waals surface area contributed by atoms with Gasteiger partial charge in [-0.3, -0.25) is 0 Å². The van der Waals surface area contributed by atoms with Gasteiger partial charge in [-0.25, -0.2) is 0 Å². The standard InChI is InChI=1S/C14H14F5N3/c1-9(11(7-20)8-21)12(13(15,16)14(17,18)19)10(2)22-5-3-4-6-22/h3-6H2,1-2H3/b12-10-. The highest BCUT2D eigenvalue weighted by Crippen LogP contribution is 2.46. The average Bonchev–Trinajstić information content (AvgIpc) is 2.92. The first kappa shape index (κ1) is 18.0. The van der Waals surface area contributed by atoms with E-state index in [9.17, 15) is 22.0 Å². The molecule has 0 atom stereocenters. The Hall–Kier alpha value is -2.09. The third-order valence-corrected chi connectivity index (χ3v) is 3.59. The summed E-state index contributed by atoms with van der Waals surface area (Å²) in [5.41, 5.74) is -2.95. The predicted molar refractivity (Wildman–Crippen MR) is 68.4 cm³/mol. The maximum absolute atomic E-state index is 13.9. The molecule has 1 aliphatic rings. The van der Waals surface area contributed by atoms with Crippen LogP contribution >= 0.6 is 0 Å². The van der Waals surface area contributed by atoms with Gasteiger partial charge in [0, 0.05) is 18.8 Å². The van der Waals surface area contributed by atoms with Gasteiger partial charge in [-0.05, 0) is 32.3 Å². The molecule has 1 aliphatic heterocycles. The molecule has 120 valence electrons. The summed E-state index contributed by atoms with van der Waals surface area (Å²) < 4.78 is 66.2. The maximum atomic E-state index is 13.9. The van der Waals surface area contributed by atoms with Crippen LogP contribution in [-0.4, -0.2) is 30.1 Å². The summed E-state index contributed by atoms with van der Waals surface area (Å²) in [6, 6.07) is 2.73. The highest BCUT2D eigenvalue weighted by Gasteiger charge is 2.61. The summed E-state index contributed by atoms with van der Waals surface area (Å²) in [4.78, 5) is 1.42. The molecule has 0 aliphatic carbocycles. The van der Waals surface area contributed by atoms with Crippen molar-refractivity contribution >= 4 is 0 Å². The van der Waals surface area contributed by atoms with Crippen LogP contribution in [0.2, 0.25) is 0 Å². The van der Waals surface area contributed by atoms with Crippen molar-refractivity contribution in [2.24, 2.45) is 0 Å². The Balaban J connectivity index is 3.61. The molecule has 0 aromatic carbocycles. The molecule has 0 saturated carbocycles. The number of hydrogen-bond donors (Lipinski definition) is 0. The lowest BCUT2D eigenvalue weighted by molar-refractivity contribution is -0.263. The van der Waals surface area contributed by atoms with E-state index in [2.05, 4.69) is 0 Å². The molecule has 0 aromatic rings. The summed E-state index contributed by atoms with van der Waals surface area (Å²) in [5.74, 6) is -5.14. The van der Waals surface area contributed by atoms with Crippen LogP contribution in [0.3, 0.4) is 0 Å². The van der Waals surface area contributed by atoms with Gasteiger partial charge in [0.2, 0.25) is 0 Å². The molecule has 1 saturated heterocycles. The Morgan fingerprint density at radius 3 is 1.77 bits per heavy atom. The number of alkyl halides is 5. The molecule has 1 fully saturated rings. The van der Waals surface area contributed by atoms with Gasteiger partial charge in [0.05, 0.1) is 5.57 Å². The third kappa shape index (κ3) is 3.22. The maximum Gasteiger partial charge on any atom is 0.458 e. The van der Waals surface area contributed by atoms with E-state index >= 15 is 0 Å². The van der Waals surface area contributed by atoms with Gasteiger partial charge in [-0.2, -0.15) is 32.5 Å². The van der Waals surface area contributed by atoms with Gasteiger partial charge in [0.15, 0.2) is 0 Å². The Bertz CT molecular complexity index is 565. The van der Waals surface area contributed by atoms with Gasteiger partial charge >= 0.3 is 12.1 Å². The van der Waals surface area contributed by atoms with Gasteiger partial charge < -0.3 is 4.90 Å². The molecule has 0 amide bonds. The quantitative estimate of drug-likeness (QED) is 0.450. The molecule has 3 nitrogen and oxygen atoms in total. The predicted octanol–water partition coefficient (Wildman–Crippen LogP) is 3.92. The summed E-state index contributed by atoms with van der Waals surface area (Å²) >= 11 is 0. The first-order valence-electron chi connectivity index (χ1n) is 6.50. The topological polar surface area (TPSA) is 50.8 Å². The van der Waals surface area contributed by atoms with Crippen molar-refractivity contribution < 1.29 is 22.0 Å². The second-order valence-electron chi connectivity index (χ2n) is 4.95. The summed E-state index contributed by atoms with van der Waals surface area (Å²) in [7, 11) is 0. The monoisotopic (exact) mass is 319 g/mol. The van der Waals surface area contributed by atoms with Crippen LogP contribution in [0.15, 0.2) is 22.4 Å². The highest BCUT2D eigenvalue weighted by atomic mass is 19.4. The lowest BCUT2D eigenvalue weighted by atomic mass is 9.94. The van der Waals surface area contributed by atoms with E-state index in [4.69, 9.17) is 10.5 Å². The summed E-state index contributed by atoms with van der Waals surface area (Å²) in [6.45, 7) is 2.84. The lowest BCUT2D eigenvalue weighted by Crippen LogP contribution is -2.41. The van der Waals surface area contributed by atoms with E-state index in [0.717, 1.165) is 13.8 Å². The summed E-state index contributed by atoms with van der Waals surface area (Å²) in [5, 5.41) is 17.5. The molecule has 8 heteroatoms. The zero-order valence-corrected chi connectivity index (χ0v) is 12.1. The zero-order valence-electron chi connectivity index (χ0n) is 12.1. The van der Waals surface area contributed by atoms with Crippen molar-refractivity contribution in [3.63, 3.8) is 0 Å². The van der Waals surface area contributed by atoms with Crippen LogP contribution in [-0.2, 0) is 0 Å². The number of likely N-dealkylation sites (tertiary alicyclic amines) is 1. The summed E-state index contributed by atoms with van der Waals surface area (Å²) in [6.07, 6.45) is -4.43. The van der Waals surface area contributed by atoms with Crippen LogP contribution in [0.4, 0.5) is 22.0 Å². The number of nitrogens with zero attached hydrogens (tertiary/aromatic N) is 3. The molecular weight excluding hydrogens is 305 g/mol. The first-order chi connectivity index (χ1) is 10.1. The van der Waals surface area contributed by atoms with Gasteiger partial charge in [0.1, 0.15) is 17.7 Å². The van der Waals surface area contributed by atoms with E-state index in [-0.39, 0.29) is 5.70 Å². The van der Waals surface area contributed by atoms with Crippen molar-refractivity contribution in [2.45, 2.75) is 38.8 Å². The fourth-order valence-corrected chi connectivity index (χ4v) is 2.40. The van der Waals surface area contributed by atoms with Gasteiger partial charge in [0.25, 0.3) is 0 Å². The van der Waals surface area contributed by atoms with E-state index in [0.29, 0.717) is 25.9 Å². The molecule has 0 N–H and O–H groups in total. The van der Waals surface area contributed by atoms with Crippen molar-refractivity contribution in [3.05, 3.63) is 22.4 Å². The third-order valence-electron chi connectivity index (χ3n) is 3.59. The molecule has 1 rings (SSSR count). The number of hydrogen-bond acceptors (Lipinski definition) is 3. The fraction of sp³-hybridized carbons (Fsp3) is 0.571. The smallest absolute Gasteiger partial charge is 0.375 e. The van der Waals surface area contributed by atoms with Crippen molar-refractivity contribution in [1.82, 2.24) is 4.90 Å². The SMILES string of the molecule is CC(=C(C#N)C#N)/C(=C(\C)N1CCCC1)C(F)(F)C(F)(F)F. The zero-order chi connectivity index (χ0) is 17.1. The van der Waals surface area contributed by atoms with Crippen LogP contribution < -0.4 is 0 Å². The lowest BCUT2D eigenvalue weighted by Gasteiger charge is -2.29. The number of rotatable bonds is 3. The van der Waals surface area contributed by atoms with Crippen molar-refractivity contribution in [1.29, 1.82) is 10.5 Å². The molecule has 0 unspecified atom stereocenters. The molecule has 0 bridgehead atoms. The number of halogens is 5. The molecular formula is C14H14F5N3. The normalized spacial score (nSPS) is 16.7. The number of allylic oxidation sites excluding steroid dienone is 4. The van der Waals surface area contributed by atoms with Crippen LogP contribution in [0.25, 0.3) is 0 Å². The minimum absolute atomic E-state index is 0.250. The molecule has 0 radical (unpaired) electrons. The Kier molecular flexibility index (Phi) is 5.18. The Morgan fingerprint density at radius 2 is 1.41 bits per heavy atom. The van der Waals surface area contributed by atoms with Crippen molar-refractivity contribution in [2.75, 3.05) is 13.1 Å². The number of nitriles is 2. The van der Waals surface area contributed by atoms with Crippen molar-refractivity contribution in [3.8, 4) is 12.1 Å². The van der Waals surface area contributed by atoms with E-state index < -0.39 is 28.8 Å². The Morgan fingerprint density at radius 1 is 0.955 bits per heavy atom. The van der Waals surface area contributed by atoms with Gasteiger partial charge in [-0.1, -0.05) is 0 Å².